The minimum Gasteiger partial charge on any atom is -0.370 e. The maximum atomic E-state index is 14.4. The second-order valence-corrected chi connectivity index (χ2v) is 17.9. The number of hydrogen-bond donors (Lipinski definition) is 11. The van der Waals surface area contributed by atoms with Crippen LogP contribution in [0.2, 0.25) is 0 Å². The van der Waals surface area contributed by atoms with E-state index in [-0.39, 0.29) is 150 Å². The predicted octanol–water partition coefficient (Wildman–Crippen LogP) is 5.08. The van der Waals surface area contributed by atoms with E-state index in [1.54, 1.807) is 14.1 Å². The molecule has 0 heterocycles. The van der Waals surface area contributed by atoms with Crippen molar-refractivity contribution in [2.45, 2.75) is 73.5 Å². The number of unbranched alkanes of at least 4 members (excludes halogenated alkanes) is 2. The first-order chi connectivity index (χ1) is 34.0. The van der Waals surface area contributed by atoms with Gasteiger partial charge in [-0.15, -0.1) is 23.5 Å². The summed E-state index contributed by atoms with van der Waals surface area (Å²) in [7, 11) is 3.15. The Kier molecular flexibility index (Phi) is 24.6. The maximum Gasteiger partial charge on any atom is 0.416 e. The van der Waals surface area contributed by atoms with E-state index in [9.17, 15) is 55.1 Å². The first kappa shape index (κ1) is 59.7. The number of hydrogen-bond acceptors (Lipinski definition) is 12. The number of rotatable bonds is 29. The molecule has 19 nitrogen and oxygen atoms in total. The van der Waals surface area contributed by atoms with Crippen LogP contribution in [0, 0.1) is 0 Å². The lowest BCUT2D eigenvalue weighted by molar-refractivity contribution is -0.138. The van der Waals surface area contributed by atoms with Crippen LogP contribution < -0.4 is 60.2 Å². The molecule has 0 radical (unpaired) electrons. The van der Waals surface area contributed by atoms with Gasteiger partial charge in [-0.2, -0.15) is 26.3 Å². The Bertz CT molecular complexity index is 2270. The number of carbonyl (C=O) groups excluding carboxylic acids is 6. The molecule has 5 amide bonds. The Hall–Kier alpha value is -6.58. The highest BCUT2D eigenvalue weighted by Gasteiger charge is 2.34. The third-order valence-electron chi connectivity index (χ3n) is 9.70. The van der Waals surface area contributed by atoms with E-state index in [2.05, 4.69) is 47.2 Å². The highest BCUT2D eigenvalue weighted by molar-refractivity contribution is 7.99. The summed E-state index contributed by atoms with van der Waals surface area (Å²) in [4.78, 5) is 86.0. The van der Waals surface area contributed by atoms with Gasteiger partial charge < -0.3 is 60.2 Å². The van der Waals surface area contributed by atoms with Crippen molar-refractivity contribution >= 4 is 93.5 Å². The third-order valence-corrected chi connectivity index (χ3v) is 12.1. The quantitative estimate of drug-likeness (QED) is 0.0142. The van der Waals surface area contributed by atoms with E-state index >= 15 is 0 Å². The van der Waals surface area contributed by atoms with Crippen LogP contribution in [0.5, 0.6) is 0 Å². The molecule has 15 N–H and O–H groups in total. The molecule has 0 saturated carbocycles. The van der Waals surface area contributed by atoms with Crippen LogP contribution >= 0.6 is 23.5 Å². The summed E-state index contributed by atoms with van der Waals surface area (Å²) < 4.78 is 86.4. The van der Waals surface area contributed by atoms with E-state index in [0.717, 1.165) is 35.7 Å². The number of Topliss-reactive ketones (excluding diaryl/α,β-unsaturated/α-hetero) is 1. The second-order valence-electron chi connectivity index (χ2n) is 15.7. The van der Waals surface area contributed by atoms with Crippen molar-refractivity contribution in [3.05, 3.63) is 70.8 Å². The number of guanidine groups is 2. The zero-order chi connectivity index (χ0) is 53.4. The second kappa shape index (κ2) is 29.7. The highest BCUT2D eigenvalue weighted by atomic mass is 32.2. The topological polar surface area (TPSA) is 315 Å². The van der Waals surface area contributed by atoms with Gasteiger partial charge >= 0.3 is 12.4 Å². The molecule has 3 aromatic rings. The van der Waals surface area contributed by atoms with E-state index < -0.39 is 47.1 Å². The van der Waals surface area contributed by atoms with E-state index in [0.29, 0.717) is 31.0 Å². The van der Waals surface area contributed by atoms with Gasteiger partial charge in [0.2, 0.25) is 17.7 Å². The maximum absolute atomic E-state index is 14.4. The van der Waals surface area contributed by atoms with E-state index in [1.165, 1.54) is 18.2 Å². The number of nitrogens with two attached hydrogens (primary N) is 4. The van der Waals surface area contributed by atoms with E-state index in [4.69, 9.17) is 22.9 Å². The molecule has 0 aliphatic rings. The van der Waals surface area contributed by atoms with Gasteiger partial charge in [-0.25, -0.2) is 0 Å². The molecule has 3 aromatic carbocycles. The first-order valence-corrected chi connectivity index (χ1v) is 24.3. The molecule has 0 aliphatic carbocycles. The van der Waals surface area contributed by atoms with Gasteiger partial charge in [0.05, 0.1) is 56.8 Å². The van der Waals surface area contributed by atoms with Gasteiger partial charge in [-0.1, -0.05) is 6.07 Å². The minimum atomic E-state index is -4.97. The lowest BCUT2D eigenvalue weighted by Gasteiger charge is -2.20. The fourth-order valence-corrected chi connectivity index (χ4v) is 8.35. The van der Waals surface area contributed by atoms with Gasteiger partial charge in [-0.05, 0) is 94.4 Å². The van der Waals surface area contributed by atoms with Crippen molar-refractivity contribution in [1.29, 1.82) is 0 Å². The third kappa shape index (κ3) is 21.4. The number of thioether (sulfide) groups is 2. The van der Waals surface area contributed by atoms with Crippen LogP contribution in [0.4, 0.5) is 49.1 Å². The van der Waals surface area contributed by atoms with Crippen LogP contribution in [0.15, 0.2) is 68.3 Å². The lowest BCUT2D eigenvalue weighted by atomic mass is 10.1. The normalized spacial score (nSPS) is 11.3. The van der Waals surface area contributed by atoms with E-state index in [1.807, 2.05) is 0 Å². The molecule has 0 aromatic heterocycles. The molecule has 0 fully saturated rings. The molecule has 0 atom stereocenters. The van der Waals surface area contributed by atoms with Crippen LogP contribution in [0.1, 0.15) is 83.2 Å². The summed E-state index contributed by atoms with van der Waals surface area (Å²) >= 11 is 1.90. The number of aliphatic imine (C=N–C) groups is 2. The number of anilines is 4. The Morgan fingerprint density at radius 1 is 0.542 bits per heavy atom. The van der Waals surface area contributed by atoms with Gasteiger partial charge in [0.25, 0.3) is 11.8 Å². The Morgan fingerprint density at radius 3 is 1.39 bits per heavy atom. The molecule has 0 saturated heterocycles. The number of amides is 5. The number of nitrogens with zero attached hydrogens (tertiary/aromatic N) is 2. The largest absolute Gasteiger partial charge is 0.416 e. The fraction of sp³-hybridized carbons (Fsp3) is 0.422. The van der Waals surface area contributed by atoms with Crippen molar-refractivity contribution in [3.8, 4) is 0 Å². The zero-order valence-corrected chi connectivity index (χ0v) is 41.1. The SMILES string of the molecule is CNCC(=O)CCCSc1c(NC(=O)CCCCN=C(N)N)cc(C(F)(F)F)cc1NC(=O)c1cccc(C(=O)Nc2cc(C(F)(F)F)cc(NC(=O)CCCCN=C(N)N)c2SCCNC(=O)CNC)c1. The summed E-state index contributed by atoms with van der Waals surface area (Å²) in [6.45, 7) is 0.528. The average molecular weight is 1060 g/mol. The number of ketones is 1. The Morgan fingerprint density at radius 2 is 0.972 bits per heavy atom. The Labute approximate surface area is 420 Å². The molecule has 3 rings (SSSR count). The smallest absolute Gasteiger partial charge is 0.370 e. The number of halogens is 6. The van der Waals surface area contributed by atoms with Crippen LogP contribution in [0.3, 0.4) is 0 Å². The fourth-order valence-electron chi connectivity index (χ4n) is 6.39. The molecule has 0 unspecified atom stereocenters. The summed E-state index contributed by atoms with van der Waals surface area (Å²) in [5.74, 6) is -3.89. The van der Waals surface area contributed by atoms with Crippen molar-refractivity contribution in [2.24, 2.45) is 32.9 Å². The lowest BCUT2D eigenvalue weighted by Crippen LogP contribution is -2.33. The van der Waals surface area contributed by atoms with Crippen molar-refractivity contribution in [2.75, 3.05) is 79.6 Å². The number of carbonyl (C=O) groups is 6. The minimum absolute atomic E-state index is 0.00298. The molecular weight excluding hydrogens is 997 g/mol. The number of benzene rings is 3. The molecule has 0 aliphatic heterocycles. The number of alkyl halides is 6. The highest BCUT2D eigenvalue weighted by Crippen LogP contribution is 2.43. The monoisotopic (exact) mass is 1060 g/mol. The first-order valence-electron chi connectivity index (χ1n) is 22.3. The summed E-state index contributed by atoms with van der Waals surface area (Å²) in [6.07, 6.45) is -8.47. The summed E-state index contributed by atoms with van der Waals surface area (Å²) in [6, 6.07) is 7.57. The summed E-state index contributed by atoms with van der Waals surface area (Å²) in [5.41, 5.74) is 17.0. The molecule has 394 valence electrons. The summed E-state index contributed by atoms with van der Waals surface area (Å²) in [5, 5.41) is 18.0. The zero-order valence-electron chi connectivity index (χ0n) is 39.5. The predicted molar refractivity (Wildman–Crippen MR) is 268 cm³/mol. The van der Waals surface area contributed by atoms with Crippen molar-refractivity contribution < 1.29 is 55.1 Å². The van der Waals surface area contributed by atoms with Crippen molar-refractivity contribution in [1.82, 2.24) is 16.0 Å². The molecule has 0 bridgehead atoms. The van der Waals surface area contributed by atoms with Crippen molar-refractivity contribution in [3.63, 3.8) is 0 Å². The van der Waals surface area contributed by atoms with Crippen LogP contribution in [-0.4, -0.2) is 106 Å². The standard InChI is InChI=1S/C45H59F6N13O6S2/c1-56-24-30(65)11-8-17-71-38-31(61-35(66)12-3-5-14-59-42(52)53)20-28(44(46,47)48)22-33(38)63-40(69)26-9-7-10-27(19-26)41(70)64-34-23-29(45(49,50)51)21-32(39(34)72-18-16-58-37(68)25-57-2)62-36(67)13-4-6-15-60-43(54)55/h7,9-10,19-23,56-57H,3-6,8,11-18,24-25H2,1-2H3,(H,58,68)(H,61,66)(H,62,67)(H,63,69)(H,64,70)(H4,52,53,59)(H4,54,55,60). The Balaban J connectivity index is 2.03. The molecule has 72 heavy (non-hydrogen) atoms. The van der Waals surface area contributed by atoms with Gasteiger partial charge in [0.15, 0.2) is 11.9 Å². The molecular formula is C45H59F6N13O6S2. The van der Waals surface area contributed by atoms with Gasteiger partial charge in [0.1, 0.15) is 5.78 Å². The van der Waals surface area contributed by atoms with Gasteiger partial charge in [-0.3, -0.25) is 38.8 Å². The van der Waals surface area contributed by atoms with Crippen LogP contribution in [0.25, 0.3) is 0 Å². The average Bonchev–Trinajstić information content (AvgIpc) is 3.29. The van der Waals surface area contributed by atoms with Gasteiger partial charge in [0, 0.05) is 55.8 Å². The molecule has 27 heteroatoms. The van der Waals surface area contributed by atoms with Crippen LogP contribution in [-0.2, 0) is 31.5 Å². The number of likely N-dealkylation sites (N-methyl/N-ethyl adjacent to an activating group) is 2. The molecule has 0 spiro atoms. The number of nitrogens with one attached hydrogen (secondary N) is 7.